The van der Waals surface area contributed by atoms with Gasteiger partial charge in [-0.25, -0.2) is 0 Å². The molecule has 1 aromatic heterocycles. The van der Waals surface area contributed by atoms with Gasteiger partial charge in [-0.2, -0.15) is 0 Å². The van der Waals surface area contributed by atoms with Crippen molar-refractivity contribution < 1.29 is 9.59 Å². The smallest absolute Gasteiger partial charge is 0.246 e. The van der Waals surface area contributed by atoms with E-state index in [0.29, 0.717) is 12.2 Å². The highest BCUT2D eigenvalue weighted by Crippen LogP contribution is 2.17. The Kier molecular flexibility index (Phi) is 7.38. The summed E-state index contributed by atoms with van der Waals surface area (Å²) in [5.74, 6) is -0.344. The molecule has 0 saturated carbocycles. The summed E-state index contributed by atoms with van der Waals surface area (Å²) in [7, 11) is 3.93. The topological polar surface area (TPSA) is 65.5 Å². The van der Waals surface area contributed by atoms with Crippen molar-refractivity contribution in [3.8, 4) is 0 Å². The first kappa shape index (κ1) is 22.0. The monoisotopic (exact) mass is 416 g/mol. The zero-order valence-electron chi connectivity index (χ0n) is 18.2. The molecule has 1 unspecified atom stereocenters. The molecule has 1 N–H and O–H groups in total. The van der Waals surface area contributed by atoms with Gasteiger partial charge < -0.3 is 15.1 Å². The molecular weight excluding hydrogens is 388 g/mol. The summed E-state index contributed by atoms with van der Waals surface area (Å²) in [5, 5.41) is 2.93. The normalized spacial score (nSPS) is 11.5. The quantitative estimate of drug-likeness (QED) is 0.607. The Morgan fingerprint density at radius 2 is 1.61 bits per heavy atom. The van der Waals surface area contributed by atoms with E-state index in [1.54, 1.807) is 24.2 Å². The van der Waals surface area contributed by atoms with Gasteiger partial charge in [-0.15, -0.1) is 0 Å². The summed E-state index contributed by atoms with van der Waals surface area (Å²) in [5.41, 5.74) is 3.52. The SMILES string of the molecule is CC(C(=O)Nc1ccc(N(C)C)cc1)N(Cc1cccnc1)C(=O)Cc1ccccc1. The van der Waals surface area contributed by atoms with Crippen LogP contribution in [0.25, 0.3) is 0 Å². The van der Waals surface area contributed by atoms with Gasteiger partial charge in [-0.1, -0.05) is 36.4 Å². The Hall–Kier alpha value is -3.67. The molecule has 0 radical (unpaired) electrons. The summed E-state index contributed by atoms with van der Waals surface area (Å²) >= 11 is 0. The van der Waals surface area contributed by atoms with Crippen molar-refractivity contribution in [3.63, 3.8) is 0 Å². The summed E-state index contributed by atoms with van der Waals surface area (Å²) in [6.45, 7) is 2.07. The van der Waals surface area contributed by atoms with E-state index >= 15 is 0 Å². The second-order valence-corrected chi connectivity index (χ2v) is 7.65. The number of nitrogens with zero attached hydrogens (tertiary/aromatic N) is 3. The van der Waals surface area contributed by atoms with Crippen molar-refractivity contribution in [3.05, 3.63) is 90.3 Å². The van der Waals surface area contributed by atoms with Gasteiger partial charge in [-0.3, -0.25) is 14.6 Å². The van der Waals surface area contributed by atoms with E-state index in [1.807, 2.05) is 85.7 Å². The molecule has 6 heteroatoms. The van der Waals surface area contributed by atoms with Crippen LogP contribution in [0.1, 0.15) is 18.1 Å². The van der Waals surface area contributed by atoms with Crippen LogP contribution in [-0.4, -0.2) is 41.8 Å². The van der Waals surface area contributed by atoms with E-state index in [9.17, 15) is 9.59 Å². The number of amides is 2. The molecule has 160 valence electrons. The Morgan fingerprint density at radius 3 is 2.23 bits per heavy atom. The number of benzene rings is 2. The maximum absolute atomic E-state index is 13.2. The van der Waals surface area contributed by atoms with E-state index in [4.69, 9.17) is 0 Å². The molecule has 1 heterocycles. The van der Waals surface area contributed by atoms with E-state index in [1.165, 1.54) is 0 Å². The summed E-state index contributed by atoms with van der Waals surface area (Å²) in [6, 6.07) is 20.2. The minimum absolute atomic E-state index is 0.111. The minimum Gasteiger partial charge on any atom is -0.378 e. The molecule has 31 heavy (non-hydrogen) atoms. The van der Waals surface area contributed by atoms with Crippen LogP contribution in [0.15, 0.2) is 79.1 Å². The molecule has 6 nitrogen and oxygen atoms in total. The van der Waals surface area contributed by atoms with Crippen LogP contribution in [0.4, 0.5) is 11.4 Å². The Balaban J connectivity index is 1.76. The fourth-order valence-corrected chi connectivity index (χ4v) is 3.23. The Bertz CT molecular complexity index is 989. The lowest BCUT2D eigenvalue weighted by molar-refractivity contribution is -0.138. The third-order valence-electron chi connectivity index (χ3n) is 5.09. The van der Waals surface area contributed by atoms with Crippen LogP contribution in [0.5, 0.6) is 0 Å². The number of hydrogen-bond acceptors (Lipinski definition) is 4. The Labute approximate surface area is 183 Å². The molecule has 0 aliphatic heterocycles. The van der Waals surface area contributed by atoms with E-state index in [2.05, 4.69) is 10.3 Å². The molecule has 0 aliphatic carbocycles. The van der Waals surface area contributed by atoms with E-state index in [0.717, 1.165) is 16.8 Å². The number of carbonyl (C=O) groups is 2. The molecule has 1 atom stereocenters. The average molecular weight is 417 g/mol. The van der Waals surface area contributed by atoms with Crippen LogP contribution in [0, 0.1) is 0 Å². The lowest BCUT2D eigenvalue weighted by Crippen LogP contribution is -2.45. The number of hydrogen-bond donors (Lipinski definition) is 1. The predicted octanol–water partition coefficient (Wildman–Crippen LogP) is 3.75. The minimum atomic E-state index is -0.648. The number of pyridine rings is 1. The number of anilines is 2. The first-order valence-electron chi connectivity index (χ1n) is 10.2. The lowest BCUT2D eigenvalue weighted by atomic mass is 10.1. The summed E-state index contributed by atoms with van der Waals surface area (Å²) < 4.78 is 0. The Morgan fingerprint density at radius 1 is 0.935 bits per heavy atom. The number of carbonyl (C=O) groups excluding carboxylic acids is 2. The molecule has 2 aromatic carbocycles. The predicted molar refractivity (Wildman–Crippen MR) is 124 cm³/mol. The molecule has 0 spiro atoms. The fourth-order valence-electron chi connectivity index (χ4n) is 3.23. The van der Waals surface area contributed by atoms with Crippen molar-refractivity contribution in [2.75, 3.05) is 24.3 Å². The highest BCUT2D eigenvalue weighted by Gasteiger charge is 2.26. The van der Waals surface area contributed by atoms with Crippen molar-refractivity contribution in [2.45, 2.75) is 25.9 Å². The fraction of sp³-hybridized carbons (Fsp3) is 0.240. The zero-order chi connectivity index (χ0) is 22.2. The molecule has 3 aromatic rings. The van der Waals surface area contributed by atoms with Gasteiger partial charge in [0.1, 0.15) is 6.04 Å². The van der Waals surface area contributed by atoms with Crippen molar-refractivity contribution in [2.24, 2.45) is 0 Å². The second-order valence-electron chi connectivity index (χ2n) is 7.65. The van der Waals surface area contributed by atoms with Crippen LogP contribution in [-0.2, 0) is 22.6 Å². The maximum atomic E-state index is 13.2. The van der Waals surface area contributed by atoms with Gasteiger partial charge in [0.25, 0.3) is 0 Å². The van der Waals surface area contributed by atoms with Crippen LogP contribution >= 0.6 is 0 Å². The van der Waals surface area contributed by atoms with Crippen molar-refractivity contribution in [1.29, 1.82) is 0 Å². The highest BCUT2D eigenvalue weighted by molar-refractivity contribution is 5.97. The van der Waals surface area contributed by atoms with Crippen LogP contribution < -0.4 is 10.2 Å². The van der Waals surface area contributed by atoms with Crippen molar-refractivity contribution in [1.82, 2.24) is 9.88 Å². The van der Waals surface area contributed by atoms with E-state index < -0.39 is 6.04 Å². The molecule has 2 amide bonds. The third-order valence-corrected chi connectivity index (χ3v) is 5.09. The molecule has 0 saturated heterocycles. The molecular formula is C25H28N4O2. The summed E-state index contributed by atoms with van der Waals surface area (Å²) in [4.78, 5) is 33.9. The largest absolute Gasteiger partial charge is 0.378 e. The zero-order valence-corrected chi connectivity index (χ0v) is 18.2. The highest BCUT2D eigenvalue weighted by atomic mass is 16.2. The van der Waals surface area contributed by atoms with Gasteiger partial charge in [0.2, 0.25) is 11.8 Å². The summed E-state index contributed by atoms with van der Waals surface area (Å²) in [6.07, 6.45) is 3.64. The van der Waals surface area contributed by atoms with Gasteiger partial charge in [-0.05, 0) is 48.4 Å². The standard InChI is InChI=1S/C25H28N4O2/c1-19(25(31)27-22-11-13-23(14-12-22)28(2)3)29(18-21-10-7-15-26-17-21)24(30)16-20-8-5-4-6-9-20/h4-15,17,19H,16,18H2,1-3H3,(H,27,31). The molecule has 0 aliphatic rings. The molecule has 3 rings (SSSR count). The first-order valence-corrected chi connectivity index (χ1v) is 10.2. The molecule has 0 fully saturated rings. The van der Waals surface area contributed by atoms with Crippen molar-refractivity contribution >= 4 is 23.2 Å². The third kappa shape index (κ3) is 6.15. The number of nitrogens with one attached hydrogen (secondary N) is 1. The lowest BCUT2D eigenvalue weighted by Gasteiger charge is -2.29. The number of aromatic nitrogens is 1. The van der Waals surface area contributed by atoms with Gasteiger partial charge in [0.15, 0.2) is 0 Å². The van der Waals surface area contributed by atoms with E-state index in [-0.39, 0.29) is 18.2 Å². The van der Waals surface area contributed by atoms with Crippen LogP contribution in [0.2, 0.25) is 0 Å². The first-order chi connectivity index (χ1) is 14.9. The van der Waals surface area contributed by atoms with Crippen LogP contribution in [0.3, 0.4) is 0 Å². The number of rotatable bonds is 8. The average Bonchev–Trinajstić information content (AvgIpc) is 2.78. The van der Waals surface area contributed by atoms with Gasteiger partial charge in [0, 0.05) is 44.4 Å². The van der Waals surface area contributed by atoms with Gasteiger partial charge in [0.05, 0.1) is 6.42 Å². The second kappa shape index (κ2) is 10.4. The maximum Gasteiger partial charge on any atom is 0.246 e. The van der Waals surface area contributed by atoms with Gasteiger partial charge >= 0.3 is 0 Å². The molecule has 0 bridgehead atoms.